The Balaban J connectivity index is 1.98. The summed E-state index contributed by atoms with van der Waals surface area (Å²) in [6, 6.07) is 7.63. The van der Waals surface area contributed by atoms with Gasteiger partial charge < -0.3 is 5.32 Å². The van der Waals surface area contributed by atoms with Gasteiger partial charge in [-0.1, -0.05) is 25.1 Å². The first-order valence-corrected chi connectivity index (χ1v) is 6.83. The van der Waals surface area contributed by atoms with Crippen LogP contribution in [0.15, 0.2) is 24.3 Å². The number of rotatable bonds is 3. The highest BCUT2D eigenvalue weighted by molar-refractivity contribution is 8.00. The van der Waals surface area contributed by atoms with E-state index >= 15 is 0 Å². The Morgan fingerprint density at radius 2 is 2.19 bits per heavy atom. The third-order valence-electron chi connectivity index (χ3n) is 3.06. The minimum atomic E-state index is -0.110. The molecule has 0 saturated carbocycles. The van der Waals surface area contributed by atoms with Crippen molar-refractivity contribution in [3.8, 4) is 0 Å². The molecular formula is C13H18FNS. The van der Waals surface area contributed by atoms with Gasteiger partial charge in [-0.25, -0.2) is 4.39 Å². The van der Waals surface area contributed by atoms with E-state index < -0.39 is 0 Å². The van der Waals surface area contributed by atoms with Crippen LogP contribution in [0, 0.1) is 5.82 Å². The average Bonchev–Trinajstić information content (AvgIpc) is 2.64. The van der Waals surface area contributed by atoms with Crippen LogP contribution in [0.5, 0.6) is 0 Å². The Labute approximate surface area is 101 Å². The van der Waals surface area contributed by atoms with Gasteiger partial charge in [0.25, 0.3) is 0 Å². The van der Waals surface area contributed by atoms with Crippen molar-refractivity contribution >= 4 is 11.8 Å². The lowest BCUT2D eigenvalue weighted by Crippen LogP contribution is -2.32. The van der Waals surface area contributed by atoms with Crippen molar-refractivity contribution in [3.63, 3.8) is 0 Å². The van der Waals surface area contributed by atoms with E-state index in [1.807, 2.05) is 30.8 Å². The number of halogens is 1. The van der Waals surface area contributed by atoms with E-state index in [2.05, 4.69) is 12.2 Å². The molecule has 3 atom stereocenters. The second-order valence-electron chi connectivity index (χ2n) is 4.49. The molecule has 88 valence electrons. The molecule has 2 rings (SSSR count). The summed E-state index contributed by atoms with van der Waals surface area (Å²) in [4.78, 5) is 0. The highest BCUT2D eigenvalue weighted by Gasteiger charge is 2.23. The molecule has 0 spiro atoms. The van der Waals surface area contributed by atoms with Gasteiger partial charge in [-0.05, 0) is 19.4 Å². The van der Waals surface area contributed by atoms with E-state index in [9.17, 15) is 4.39 Å². The maximum absolute atomic E-state index is 13.5. The maximum atomic E-state index is 13.5. The number of nitrogens with one attached hydrogen (secondary N) is 1. The molecule has 1 aromatic carbocycles. The van der Waals surface area contributed by atoms with Gasteiger partial charge in [0.05, 0.1) is 0 Å². The highest BCUT2D eigenvalue weighted by atomic mass is 32.2. The molecule has 0 aliphatic carbocycles. The molecule has 0 amide bonds. The zero-order valence-corrected chi connectivity index (χ0v) is 10.6. The van der Waals surface area contributed by atoms with E-state index in [0.717, 1.165) is 16.6 Å². The summed E-state index contributed by atoms with van der Waals surface area (Å²) in [5.41, 5.74) is 0.770. The van der Waals surface area contributed by atoms with Crippen LogP contribution in [0.4, 0.5) is 4.39 Å². The fourth-order valence-electron chi connectivity index (χ4n) is 2.20. The molecule has 3 heteroatoms. The van der Waals surface area contributed by atoms with Crippen molar-refractivity contribution in [2.75, 3.05) is 5.75 Å². The minimum Gasteiger partial charge on any atom is -0.306 e. The Morgan fingerprint density at radius 3 is 2.81 bits per heavy atom. The predicted octanol–water partition coefficient (Wildman–Crippen LogP) is 3.37. The molecule has 1 nitrogen and oxygen atoms in total. The average molecular weight is 239 g/mol. The molecule has 0 radical (unpaired) electrons. The van der Waals surface area contributed by atoms with Gasteiger partial charge in [0.15, 0.2) is 0 Å². The molecule has 1 aromatic rings. The van der Waals surface area contributed by atoms with E-state index in [-0.39, 0.29) is 11.9 Å². The second kappa shape index (κ2) is 5.19. The summed E-state index contributed by atoms with van der Waals surface area (Å²) in [5.74, 6) is 1.03. The number of hydrogen-bond acceptors (Lipinski definition) is 2. The smallest absolute Gasteiger partial charge is 0.127 e. The molecule has 1 aliphatic rings. The largest absolute Gasteiger partial charge is 0.306 e. The molecule has 16 heavy (non-hydrogen) atoms. The molecular weight excluding hydrogens is 221 g/mol. The molecule has 1 aliphatic heterocycles. The van der Waals surface area contributed by atoms with Crippen LogP contribution in [0.2, 0.25) is 0 Å². The molecule has 1 fully saturated rings. The van der Waals surface area contributed by atoms with Crippen LogP contribution in [0.3, 0.4) is 0 Å². The van der Waals surface area contributed by atoms with E-state index in [1.165, 1.54) is 12.5 Å². The lowest BCUT2D eigenvalue weighted by atomic mass is 10.1. The van der Waals surface area contributed by atoms with Crippen molar-refractivity contribution in [3.05, 3.63) is 35.6 Å². The normalized spacial score (nSPS) is 26.9. The molecule has 0 aromatic heterocycles. The maximum Gasteiger partial charge on any atom is 0.127 e. The zero-order valence-electron chi connectivity index (χ0n) is 9.74. The summed E-state index contributed by atoms with van der Waals surface area (Å²) in [7, 11) is 0. The third kappa shape index (κ3) is 2.77. The van der Waals surface area contributed by atoms with Crippen LogP contribution in [-0.4, -0.2) is 17.0 Å². The van der Waals surface area contributed by atoms with Gasteiger partial charge in [-0.3, -0.25) is 0 Å². The summed E-state index contributed by atoms with van der Waals surface area (Å²) < 4.78 is 13.5. The van der Waals surface area contributed by atoms with Gasteiger partial charge in [0, 0.05) is 28.6 Å². The summed E-state index contributed by atoms with van der Waals surface area (Å²) in [6.45, 7) is 4.28. The van der Waals surface area contributed by atoms with E-state index in [4.69, 9.17) is 0 Å². The zero-order chi connectivity index (χ0) is 11.5. The van der Waals surface area contributed by atoms with Gasteiger partial charge in [0.2, 0.25) is 0 Å². The van der Waals surface area contributed by atoms with Crippen LogP contribution in [0.25, 0.3) is 0 Å². The topological polar surface area (TPSA) is 12.0 Å². The monoisotopic (exact) mass is 239 g/mol. The summed E-state index contributed by atoms with van der Waals surface area (Å²) in [5, 5.41) is 4.23. The first-order chi connectivity index (χ1) is 7.66. The fraction of sp³-hybridized carbons (Fsp3) is 0.538. The fourth-order valence-corrected chi connectivity index (χ4v) is 3.36. The number of thioether (sulfide) groups is 1. The summed E-state index contributed by atoms with van der Waals surface area (Å²) in [6.07, 6.45) is 1.18. The molecule has 1 N–H and O–H groups in total. The van der Waals surface area contributed by atoms with Gasteiger partial charge in [0.1, 0.15) is 5.82 Å². The first kappa shape index (κ1) is 11.9. The van der Waals surface area contributed by atoms with Gasteiger partial charge in [-0.2, -0.15) is 11.8 Å². The third-order valence-corrected chi connectivity index (χ3v) is 4.41. The standard InChI is InChI=1S/C13H18FNS/c1-9-7-11(8-16-9)15-10(2)12-5-3-4-6-13(12)14/h3-6,9-11,15H,7-8H2,1-2H3. The first-order valence-electron chi connectivity index (χ1n) is 5.79. The molecule has 1 saturated heterocycles. The Kier molecular flexibility index (Phi) is 3.87. The predicted molar refractivity (Wildman–Crippen MR) is 68.3 cm³/mol. The Bertz CT molecular complexity index is 356. The molecule has 1 heterocycles. The molecule has 3 unspecified atom stereocenters. The van der Waals surface area contributed by atoms with Crippen molar-refractivity contribution in [1.29, 1.82) is 0 Å². The highest BCUT2D eigenvalue weighted by Crippen LogP contribution is 2.28. The van der Waals surface area contributed by atoms with E-state index in [1.54, 1.807) is 6.07 Å². The van der Waals surface area contributed by atoms with Crippen molar-refractivity contribution in [2.45, 2.75) is 37.6 Å². The Morgan fingerprint density at radius 1 is 1.44 bits per heavy atom. The quantitative estimate of drug-likeness (QED) is 0.868. The van der Waals surface area contributed by atoms with Crippen LogP contribution >= 0.6 is 11.8 Å². The van der Waals surface area contributed by atoms with Crippen LogP contribution in [0.1, 0.15) is 31.9 Å². The van der Waals surface area contributed by atoms with Crippen molar-refractivity contribution in [1.82, 2.24) is 5.32 Å². The SMILES string of the molecule is CC1CC(NC(C)c2ccccc2F)CS1. The Hall–Kier alpha value is -0.540. The van der Waals surface area contributed by atoms with Crippen LogP contribution in [-0.2, 0) is 0 Å². The van der Waals surface area contributed by atoms with Crippen molar-refractivity contribution < 1.29 is 4.39 Å². The number of benzene rings is 1. The van der Waals surface area contributed by atoms with Gasteiger partial charge in [-0.15, -0.1) is 0 Å². The van der Waals surface area contributed by atoms with Crippen LogP contribution < -0.4 is 5.32 Å². The lowest BCUT2D eigenvalue weighted by molar-refractivity contribution is 0.458. The molecule has 0 bridgehead atoms. The van der Waals surface area contributed by atoms with Gasteiger partial charge >= 0.3 is 0 Å². The van der Waals surface area contributed by atoms with Crippen molar-refractivity contribution in [2.24, 2.45) is 0 Å². The summed E-state index contributed by atoms with van der Waals surface area (Å²) >= 11 is 1.99. The number of hydrogen-bond donors (Lipinski definition) is 1. The second-order valence-corrected chi connectivity index (χ2v) is 5.96. The van der Waals surface area contributed by atoms with E-state index in [0.29, 0.717) is 6.04 Å². The minimum absolute atomic E-state index is 0.0945. The lowest BCUT2D eigenvalue weighted by Gasteiger charge is -2.19.